The first-order chi connectivity index (χ1) is 26.4. The number of fused-ring (bicyclic) bond motifs is 11. The van der Waals surface area contributed by atoms with Crippen molar-refractivity contribution in [3.05, 3.63) is 138 Å². The molecule has 0 unspecified atom stereocenters. The minimum Gasteiger partial charge on any atom is -0.289 e. The Balaban J connectivity index is 1.10. The van der Waals surface area contributed by atoms with Crippen molar-refractivity contribution in [1.82, 2.24) is 0 Å². The maximum absolute atomic E-state index is 13.7. The highest BCUT2D eigenvalue weighted by atomic mass is 32.1. The number of hydrogen-bond donors (Lipinski definition) is 0. The van der Waals surface area contributed by atoms with Gasteiger partial charge in [0.2, 0.25) is 0 Å². The van der Waals surface area contributed by atoms with Crippen molar-refractivity contribution in [2.24, 2.45) is 0 Å². The number of allylic oxidation sites excluding steroid dienone is 6. The molecule has 4 aromatic heterocycles. The summed E-state index contributed by atoms with van der Waals surface area (Å²) in [5.74, 6) is -0.343. The lowest BCUT2D eigenvalue weighted by Gasteiger charge is -2.35. The van der Waals surface area contributed by atoms with E-state index in [0.29, 0.717) is 44.5 Å². The van der Waals surface area contributed by atoms with E-state index in [1.165, 1.54) is 46.1 Å². The zero-order valence-corrected chi connectivity index (χ0v) is 31.5. The highest BCUT2D eigenvalue weighted by Gasteiger charge is 2.49. The Morgan fingerprint density at radius 2 is 1.15 bits per heavy atom. The zero-order chi connectivity index (χ0) is 36.9. The molecule has 0 saturated heterocycles. The lowest BCUT2D eigenvalue weighted by molar-refractivity contribution is 0.103. The van der Waals surface area contributed by atoms with E-state index in [2.05, 4.69) is 17.0 Å². The van der Waals surface area contributed by atoms with Crippen molar-refractivity contribution < 1.29 is 9.59 Å². The van der Waals surface area contributed by atoms with Crippen LogP contribution in [0.1, 0.15) is 84.8 Å². The molecule has 6 nitrogen and oxygen atoms in total. The fourth-order valence-corrected chi connectivity index (χ4v) is 14.6. The summed E-state index contributed by atoms with van der Waals surface area (Å²) in [6, 6.07) is 24.7. The minimum atomic E-state index is -0.175. The molecule has 0 N–H and O–H groups in total. The number of ketones is 2. The SMILES string of the molecule is [C-]#[N+]C(C#N)=C1/C(=C\c2cc3sc4c(c3s2)C2(CCCCC2)c2c-4sc3cc(/C=C4\C(=O)c5ccccc5C4=C(C#N)C#N)sc23)C(=O)c2ccccc21. The largest absolute Gasteiger partial charge is 0.289 e. The van der Waals surface area contributed by atoms with Crippen molar-refractivity contribution in [3.8, 4) is 28.0 Å². The predicted octanol–water partition coefficient (Wildman–Crippen LogP) is 12.0. The molecule has 0 aliphatic heterocycles. The van der Waals surface area contributed by atoms with Gasteiger partial charge < -0.3 is 0 Å². The van der Waals surface area contributed by atoms with Crippen molar-refractivity contribution in [1.29, 1.82) is 15.8 Å². The van der Waals surface area contributed by atoms with Crippen LogP contribution in [0.25, 0.3) is 56.7 Å². The Morgan fingerprint density at radius 1 is 0.667 bits per heavy atom. The number of thiophene rings is 4. The van der Waals surface area contributed by atoms with Crippen molar-refractivity contribution in [2.45, 2.75) is 37.5 Å². The number of Topliss-reactive ketones (excluding diaryl/α,β-unsaturated/α-hetero) is 2. The number of hydrogen-bond acceptors (Lipinski definition) is 9. The molecular formula is C44H22N4O2S4. The molecule has 254 valence electrons. The van der Waals surface area contributed by atoms with Gasteiger partial charge in [0.15, 0.2) is 11.6 Å². The van der Waals surface area contributed by atoms with Gasteiger partial charge in [-0.2, -0.15) is 10.5 Å². The van der Waals surface area contributed by atoms with Gasteiger partial charge in [-0.05, 0) is 48.3 Å². The van der Waals surface area contributed by atoms with E-state index < -0.39 is 0 Å². The van der Waals surface area contributed by atoms with Crippen molar-refractivity contribution in [3.63, 3.8) is 0 Å². The summed E-state index contributed by atoms with van der Waals surface area (Å²) in [5, 5.41) is 29.5. The van der Waals surface area contributed by atoms with Crippen LogP contribution in [0.3, 0.4) is 0 Å². The maximum Gasteiger partial charge on any atom is 0.270 e. The summed E-state index contributed by atoms with van der Waals surface area (Å²) in [7, 11) is 0. The third kappa shape index (κ3) is 4.37. The number of carbonyl (C=O) groups excluding carboxylic acids is 2. The van der Waals surface area contributed by atoms with Crippen molar-refractivity contribution >= 4 is 99.0 Å². The average molecular weight is 767 g/mol. The zero-order valence-electron chi connectivity index (χ0n) is 28.2. The number of nitriles is 3. The molecule has 0 bridgehead atoms. The standard InChI is InChI=1S/C44H22N4O2S4/c1-48-31(21-47)35-26-10-4-6-12-28(26)39(50)30(35)16-24-18-33-41(52-24)37-43(54-33)42-36(44(37)13-7-2-8-14-44)40-32(53-42)17-23(51-40)15-29-34(22(19-45)20-46)25-9-3-5-11-27(25)38(29)49/h3-6,9-12,15-18H,2,7-8,13-14H2/b29-15-,30-16+,35-31?. The van der Waals surface area contributed by atoms with Gasteiger partial charge in [-0.1, -0.05) is 67.8 Å². The van der Waals surface area contributed by atoms with E-state index in [1.807, 2.05) is 42.5 Å². The summed E-state index contributed by atoms with van der Waals surface area (Å²) in [6.45, 7) is 7.67. The van der Waals surface area contributed by atoms with E-state index in [1.54, 1.807) is 81.7 Å². The van der Waals surface area contributed by atoms with Gasteiger partial charge in [-0.25, -0.2) is 10.1 Å². The highest BCUT2D eigenvalue weighted by Crippen LogP contribution is 2.66. The van der Waals surface area contributed by atoms with Gasteiger partial charge in [-0.3, -0.25) is 9.59 Å². The average Bonchev–Trinajstić information content (AvgIpc) is 4.04. The Hall–Kier alpha value is -5.98. The third-order valence-electron chi connectivity index (χ3n) is 11.0. The first kappa shape index (κ1) is 32.7. The molecule has 4 aliphatic rings. The molecule has 1 spiro atoms. The Bertz CT molecular complexity index is 2830. The van der Waals surface area contributed by atoms with Crippen LogP contribution in [0.5, 0.6) is 0 Å². The number of benzene rings is 2. The number of carbonyl (C=O) groups is 2. The quantitative estimate of drug-likeness (QED) is 0.0990. The molecule has 1 saturated carbocycles. The van der Waals surface area contributed by atoms with Crippen molar-refractivity contribution in [2.75, 3.05) is 0 Å². The molecule has 0 radical (unpaired) electrons. The molecular weight excluding hydrogens is 745 g/mol. The summed E-state index contributed by atoms with van der Waals surface area (Å²) in [4.78, 5) is 35.3. The van der Waals surface area contributed by atoms with E-state index in [9.17, 15) is 25.4 Å². The Morgan fingerprint density at radius 3 is 1.63 bits per heavy atom. The molecule has 54 heavy (non-hydrogen) atoms. The van der Waals surface area contributed by atoms with Gasteiger partial charge in [0.05, 0.1) is 31.8 Å². The predicted molar refractivity (Wildman–Crippen MR) is 217 cm³/mol. The maximum atomic E-state index is 13.7. The van der Waals surface area contributed by atoms with Gasteiger partial charge in [-0.15, -0.1) is 45.3 Å². The number of nitrogens with zero attached hydrogens (tertiary/aromatic N) is 4. The topological polar surface area (TPSA) is 110 Å². The second-order valence-electron chi connectivity index (χ2n) is 13.7. The van der Waals surface area contributed by atoms with Gasteiger partial charge in [0.25, 0.3) is 5.70 Å². The van der Waals surface area contributed by atoms with Crippen LogP contribution in [-0.4, -0.2) is 11.6 Å². The summed E-state index contributed by atoms with van der Waals surface area (Å²) in [5.41, 5.74) is 6.36. The smallest absolute Gasteiger partial charge is 0.270 e. The highest BCUT2D eigenvalue weighted by molar-refractivity contribution is 7.35. The molecule has 6 aromatic rings. The summed E-state index contributed by atoms with van der Waals surface area (Å²) < 4.78 is 4.83. The normalized spacial score (nSPS) is 18.8. The van der Waals surface area contributed by atoms with Crippen LogP contribution >= 0.6 is 45.3 Å². The van der Waals surface area contributed by atoms with Gasteiger partial charge in [0.1, 0.15) is 17.7 Å². The second kappa shape index (κ2) is 12.0. The molecule has 0 amide bonds. The molecule has 4 heterocycles. The van der Waals surface area contributed by atoms with Crippen LogP contribution in [0.15, 0.2) is 83.1 Å². The molecule has 1 fully saturated rings. The van der Waals surface area contributed by atoms with E-state index >= 15 is 0 Å². The van der Waals surface area contributed by atoms with Crippen LogP contribution in [-0.2, 0) is 5.41 Å². The van der Waals surface area contributed by atoms with Gasteiger partial charge in [0, 0.05) is 69.1 Å². The molecule has 10 heteroatoms. The van der Waals surface area contributed by atoms with E-state index in [0.717, 1.165) is 35.4 Å². The van der Waals surface area contributed by atoms with Crippen LogP contribution in [0.4, 0.5) is 0 Å². The van der Waals surface area contributed by atoms with Crippen LogP contribution < -0.4 is 0 Å². The fraction of sp³-hybridized carbons (Fsp3) is 0.136. The lowest BCUT2D eigenvalue weighted by Crippen LogP contribution is -2.27. The molecule has 2 aromatic carbocycles. The molecule has 10 rings (SSSR count). The Kier molecular flexibility index (Phi) is 7.27. The Labute approximate surface area is 325 Å². The first-order valence-corrected chi connectivity index (χ1v) is 20.6. The van der Waals surface area contributed by atoms with Crippen LogP contribution in [0.2, 0.25) is 0 Å². The lowest BCUT2D eigenvalue weighted by atomic mass is 9.68. The monoisotopic (exact) mass is 766 g/mol. The summed E-state index contributed by atoms with van der Waals surface area (Å²) >= 11 is 6.97. The molecule has 4 aliphatic carbocycles. The fourth-order valence-electron chi connectivity index (χ4n) is 8.89. The second-order valence-corrected chi connectivity index (χ2v) is 18.0. The number of rotatable bonds is 2. The van der Waals surface area contributed by atoms with Gasteiger partial charge >= 0.3 is 0 Å². The third-order valence-corrected chi connectivity index (χ3v) is 15.9. The summed E-state index contributed by atoms with van der Waals surface area (Å²) in [6.07, 6.45) is 9.25. The molecule has 0 atom stereocenters. The first-order valence-electron chi connectivity index (χ1n) is 17.3. The van der Waals surface area contributed by atoms with E-state index in [4.69, 9.17) is 6.57 Å². The minimum absolute atomic E-state index is 0.0645. The van der Waals surface area contributed by atoms with Crippen LogP contribution in [0, 0.1) is 40.6 Å². The van der Waals surface area contributed by atoms with E-state index in [-0.39, 0.29) is 28.3 Å².